The summed E-state index contributed by atoms with van der Waals surface area (Å²) in [5, 5.41) is 18.0. The number of nitrogens with one attached hydrogen (secondary N) is 5. The number of anilines is 10. The van der Waals surface area contributed by atoms with Crippen LogP contribution in [0.1, 0.15) is 99.0 Å². The normalized spacial score (nSPS) is 14.6. The summed E-state index contributed by atoms with van der Waals surface area (Å²) in [6.45, 7) is 13.0. The number of alkyl halides is 3. The molecule has 126 heavy (non-hydrogen) atoms. The van der Waals surface area contributed by atoms with E-state index in [-0.39, 0.29) is 48.3 Å². The third kappa shape index (κ3) is 23.6. The van der Waals surface area contributed by atoms with Gasteiger partial charge in [0.1, 0.15) is 90.0 Å². The predicted molar refractivity (Wildman–Crippen MR) is 482 cm³/mol. The Morgan fingerprint density at radius 2 is 0.865 bits per heavy atom. The van der Waals surface area contributed by atoms with Crippen LogP contribution in [-0.2, 0) is 14.8 Å². The van der Waals surface area contributed by atoms with Gasteiger partial charge in [-0.2, -0.15) is 17.5 Å². The zero-order valence-electron chi connectivity index (χ0n) is 68.7. The standard InChI is InChI=1S/C19H21N5O4S2.C18H18N4O2S.C17H16FN3O2S.C16H13F4N3OS.C16H16FN3OS/c1-11-7-15-17(29-11)19(22-10-21-15)23-14-4-3-12(18(20)25)8-16(14)28-13-5-6-24(9-13)30(2,26)27;19-17(23)11-5-6-13(15(9-11)24-12-3-1-2-4-12)22-18-16-14(7-8-25-16)20-10-21-18;1-10-6-14-16(24-10)17(20-9-19-14)21-13-3-2-11(18)7-15(13)23-12-4-5-22-8-12;1-9-6-12-14(25-9)15(22-8-21-12)23-11-3-2-10(17)7-13(11)24-5-4-16(18,19)20;1-9(2)21-14-7-11(17)4-5-12(14)20-16-15-13(18-8-19-16)6-10(3)22-15/h3-4,7-8,10,13H,5-6,9H2,1-2H3,(H2,20,25)(H,21,22,23);5-10,12H,1-4H2,(H2,19,23)(H,20,21,22);2-3,6-7,9,12H,4-5,8H2,1H3,(H,19,20,21);2-3,6-8H,4-5H2,1H3,(H,21,22,23);4-9H,1-3H3,(H,18,19,20). The maximum atomic E-state index is 13.7. The first kappa shape index (κ1) is 90.0. The van der Waals surface area contributed by atoms with Crippen molar-refractivity contribution in [3.05, 3.63) is 206 Å². The first-order chi connectivity index (χ1) is 60.4. The SMILES string of the molecule is Cc1cc2ncnc(Nc3ccc(C(N)=O)cc3OC3CCN(S(C)(=O)=O)C3)c2s1.Cc1cc2ncnc(Nc3ccc(F)cc3OC(C)C)c2s1.Cc1cc2ncnc(Nc3ccc(F)cc3OC3CCOC3)c2s1.Cc1cc2ncnc(Nc3ccc(F)cc3OCCC(F)(F)F)c2s1.NC(=O)c1ccc(Nc2ncnc3ccsc23)c(OC2CCCC2)c1. The number of ether oxygens (including phenoxy) is 6. The topological polar surface area (TPSA) is 368 Å². The highest BCUT2D eigenvalue weighted by atomic mass is 32.2. The monoisotopic (exact) mass is 1830 g/mol. The number of aromatic nitrogens is 10. The van der Waals surface area contributed by atoms with E-state index in [0.29, 0.717) is 106 Å². The minimum atomic E-state index is -4.34. The Kier molecular flexibility index (Phi) is 28.8. The molecule has 3 fully saturated rings. The van der Waals surface area contributed by atoms with E-state index < -0.39 is 46.9 Å². The van der Waals surface area contributed by atoms with Crippen LogP contribution in [0.15, 0.2) is 158 Å². The zero-order chi connectivity index (χ0) is 88.9. The molecule has 15 aromatic rings. The Hall–Kier alpha value is -12.3. The maximum absolute atomic E-state index is 13.7. The van der Waals surface area contributed by atoms with Crippen molar-refractivity contribution < 1.29 is 72.8 Å². The molecule has 1 aliphatic carbocycles. The van der Waals surface area contributed by atoms with Crippen LogP contribution in [0.5, 0.6) is 28.7 Å². The predicted octanol–water partition coefficient (Wildman–Crippen LogP) is 20.0. The summed E-state index contributed by atoms with van der Waals surface area (Å²) in [5.74, 6) is 2.86. The fraction of sp³-hybridized carbons (Fsp3) is 0.279. The van der Waals surface area contributed by atoms with E-state index in [0.717, 1.165) is 107 Å². The van der Waals surface area contributed by atoms with E-state index >= 15 is 0 Å². The molecule has 0 bridgehead atoms. The van der Waals surface area contributed by atoms with Crippen molar-refractivity contribution in [2.75, 3.05) is 65.7 Å². The summed E-state index contributed by atoms with van der Waals surface area (Å²) in [7, 11) is -3.28. The second-order valence-corrected chi connectivity index (χ2v) is 37.3. The number of rotatable bonds is 24. The van der Waals surface area contributed by atoms with Crippen LogP contribution in [0.3, 0.4) is 0 Å². The molecule has 5 aromatic carbocycles. The molecule has 2 saturated heterocycles. The van der Waals surface area contributed by atoms with E-state index in [2.05, 4.69) is 76.4 Å². The Morgan fingerprint density at radius 3 is 1.27 bits per heavy atom. The molecule has 2 amide bonds. The van der Waals surface area contributed by atoms with Crippen molar-refractivity contribution in [3.8, 4) is 28.7 Å². The van der Waals surface area contributed by atoms with Crippen molar-refractivity contribution in [3.63, 3.8) is 0 Å². The van der Waals surface area contributed by atoms with Gasteiger partial charge in [-0.25, -0.2) is 71.4 Å². The maximum Gasteiger partial charge on any atom is 0.392 e. The first-order valence-electron chi connectivity index (χ1n) is 39.5. The summed E-state index contributed by atoms with van der Waals surface area (Å²) in [6, 6.07) is 32.5. The fourth-order valence-corrected chi connectivity index (χ4v) is 18.7. The summed E-state index contributed by atoms with van der Waals surface area (Å²) in [4.78, 5) is 70.4. The molecule has 1 saturated carbocycles. The van der Waals surface area contributed by atoms with Crippen LogP contribution in [0.25, 0.3) is 51.1 Å². The van der Waals surface area contributed by atoms with E-state index in [1.807, 2.05) is 83.3 Å². The molecule has 28 nitrogen and oxygen atoms in total. The average molecular weight is 1840 g/mol. The molecule has 2 atom stereocenters. The number of carbonyl (C=O) groups excluding carboxylic acids is 2. The van der Waals surface area contributed by atoms with Gasteiger partial charge >= 0.3 is 6.18 Å². The van der Waals surface area contributed by atoms with Crippen molar-refractivity contribution in [2.45, 2.75) is 117 Å². The minimum Gasteiger partial charge on any atom is -0.491 e. The molecule has 40 heteroatoms. The van der Waals surface area contributed by atoms with E-state index in [4.69, 9.17) is 39.9 Å². The number of hydrogen-bond acceptors (Lipinski definition) is 30. The van der Waals surface area contributed by atoms with Gasteiger partial charge in [0.2, 0.25) is 21.8 Å². The zero-order valence-corrected chi connectivity index (χ0v) is 73.6. The van der Waals surface area contributed by atoms with Gasteiger partial charge < -0.3 is 66.5 Å². The fourth-order valence-electron chi connectivity index (χ4n) is 13.4. The van der Waals surface area contributed by atoms with Gasteiger partial charge in [-0.15, -0.1) is 56.7 Å². The minimum absolute atomic E-state index is 0.00992. The van der Waals surface area contributed by atoms with E-state index in [1.165, 1.54) is 103 Å². The smallest absolute Gasteiger partial charge is 0.392 e. The first-order valence-corrected chi connectivity index (χ1v) is 45.5. The Labute approximate surface area is 738 Å². The molecule has 10 aromatic heterocycles. The lowest BCUT2D eigenvalue weighted by Gasteiger charge is -2.19. The van der Waals surface area contributed by atoms with E-state index in [1.54, 1.807) is 87.8 Å². The Balaban J connectivity index is 0.000000128. The molecule has 2 aliphatic heterocycles. The molecular formula is C86H84F6N18O10S6. The molecule has 656 valence electrons. The number of nitrogens with two attached hydrogens (primary N) is 2. The van der Waals surface area contributed by atoms with Crippen LogP contribution >= 0.6 is 56.7 Å². The van der Waals surface area contributed by atoms with Gasteiger partial charge in [0.25, 0.3) is 0 Å². The van der Waals surface area contributed by atoms with Crippen LogP contribution in [-0.4, -0.2) is 144 Å². The summed E-state index contributed by atoms with van der Waals surface area (Å²) in [5.41, 5.74) is 18.9. The van der Waals surface area contributed by atoms with Gasteiger partial charge in [0.15, 0.2) is 29.1 Å². The molecular weight excluding hydrogens is 1750 g/mol. The van der Waals surface area contributed by atoms with Crippen LogP contribution in [0, 0.1) is 45.1 Å². The number of amides is 2. The van der Waals surface area contributed by atoms with Gasteiger partial charge in [-0.3, -0.25) is 9.59 Å². The van der Waals surface area contributed by atoms with Gasteiger partial charge in [0, 0.05) is 61.8 Å². The highest BCUT2D eigenvalue weighted by molar-refractivity contribution is 7.88. The second-order valence-electron chi connectivity index (χ2n) is 29.4. The number of nitrogens with zero attached hydrogens (tertiary/aromatic N) is 11. The summed E-state index contributed by atoms with van der Waals surface area (Å²) in [6.07, 6.45) is 8.65. The molecule has 0 spiro atoms. The Bertz CT molecular complexity index is 6530. The summed E-state index contributed by atoms with van der Waals surface area (Å²) < 4.78 is 141. The number of benzene rings is 5. The van der Waals surface area contributed by atoms with Crippen molar-refractivity contribution >= 4 is 187 Å². The van der Waals surface area contributed by atoms with Crippen molar-refractivity contribution in [1.82, 2.24) is 54.1 Å². The molecule has 18 rings (SSSR count). The number of fused-ring (bicyclic) bond motifs is 5. The van der Waals surface area contributed by atoms with Crippen LogP contribution in [0.2, 0.25) is 0 Å². The highest BCUT2D eigenvalue weighted by Gasteiger charge is 2.32. The van der Waals surface area contributed by atoms with Crippen molar-refractivity contribution in [1.29, 1.82) is 0 Å². The number of primary amides is 2. The van der Waals surface area contributed by atoms with Gasteiger partial charge in [-0.05, 0) is 182 Å². The number of halogens is 6. The lowest BCUT2D eigenvalue weighted by Crippen LogP contribution is -2.30. The third-order valence-electron chi connectivity index (χ3n) is 19.3. The molecule has 9 N–H and O–H groups in total. The lowest BCUT2D eigenvalue weighted by molar-refractivity contribution is -0.139. The Morgan fingerprint density at radius 1 is 0.484 bits per heavy atom. The molecule has 2 unspecified atom stereocenters. The van der Waals surface area contributed by atoms with Gasteiger partial charge in [-0.1, -0.05) is 0 Å². The van der Waals surface area contributed by atoms with Crippen LogP contribution in [0.4, 0.5) is 83.9 Å². The third-order valence-corrected chi connectivity index (χ3v) is 25.6. The summed E-state index contributed by atoms with van der Waals surface area (Å²) >= 11 is 7.86. The molecule has 0 radical (unpaired) electrons. The molecule has 3 aliphatic rings. The quantitative estimate of drug-likeness (QED) is 0.0276. The van der Waals surface area contributed by atoms with Crippen LogP contribution < -0.4 is 61.7 Å². The second kappa shape index (κ2) is 40.3. The number of aryl methyl sites for hydroxylation is 4. The number of carbonyl (C=O) groups is 2. The average Bonchev–Trinajstić information content (AvgIpc) is 1.64. The van der Waals surface area contributed by atoms with Gasteiger partial charge in [0.05, 0.1) is 131 Å². The number of thiophene rings is 5. The number of sulfonamides is 1. The largest absolute Gasteiger partial charge is 0.491 e. The molecule has 12 heterocycles. The lowest BCUT2D eigenvalue weighted by atomic mass is 10.1. The van der Waals surface area contributed by atoms with E-state index in [9.17, 15) is 44.3 Å². The highest BCUT2D eigenvalue weighted by Crippen LogP contribution is 2.42. The van der Waals surface area contributed by atoms with Crippen molar-refractivity contribution in [2.24, 2.45) is 11.5 Å². The number of hydrogen-bond donors (Lipinski definition) is 7.